The van der Waals surface area contributed by atoms with Crippen LogP contribution in [-0.2, 0) is 4.79 Å². The van der Waals surface area contributed by atoms with E-state index >= 15 is 0 Å². The van der Waals surface area contributed by atoms with Crippen molar-refractivity contribution >= 4 is 5.91 Å². The fraction of sp³-hybridized carbons (Fsp3) is 0.632. The van der Waals surface area contributed by atoms with Gasteiger partial charge < -0.3 is 4.90 Å². The summed E-state index contributed by atoms with van der Waals surface area (Å²) in [4.78, 5) is 14.7. The molecule has 0 saturated heterocycles. The summed E-state index contributed by atoms with van der Waals surface area (Å²) >= 11 is 0. The zero-order valence-corrected chi connectivity index (χ0v) is 13.3. The number of unbranched alkanes of at least 4 members (excludes halogenated alkanes) is 1. The van der Waals surface area contributed by atoms with Gasteiger partial charge >= 0.3 is 0 Å². The number of benzene rings is 1. The molecule has 0 aromatic heterocycles. The molecule has 2 aliphatic carbocycles. The van der Waals surface area contributed by atoms with Crippen molar-refractivity contribution < 1.29 is 4.79 Å². The predicted octanol–water partition coefficient (Wildman–Crippen LogP) is 4.22. The van der Waals surface area contributed by atoms with Crippen molar-refractivity contribution in [2.24, 2.45) is 11.3 Å². The number of hydrogen-bond acceptors (Lipinski definition) is 1. The average molecular weight is 285 g/mol. The highest BCUT2D eigenvalue weighted by Gasteiger charge is 2.52. The molecule has 1 aromatic carbocycles. The molecule has 0 radical (unpaired) electrons. The minimum Gasteiger partial charge on any atom is -0.342 e. The Morgan fingerprint density at radius 3 is 2.62 bits per heavy atom. The molecule has 2 atom stereocenters. The summed E-state index contributed by atoms with van der Waals surface area (Å²) in [5, 5.41) is 0. The van der Waals surface area contributed by atoms with Gasteiger partial charge in [0.25, 0.3) is 0 Å². The lowest BCUT2D eigenvalue weighted by atomic mass is 10.00. The number of rotatable bonds is 7. The molecule has 2 aliphatic rings. The number of carbonyl (C=O) groups excluding carboxylic acids is 1. The molecule has 114 valence electrons. The summed E-state index contributed by atoms with van der Waals surface area (Å²) in [7, 11) is 0. The normalized spacial score (nSPS) is 27.4. The fourth-order valence-electron chi connectivity index (χ4n) is 3.43. The van der Waals surface area contributed by atoms with Gasteiger partial charge in [-0.25, -0.2) is 0 Å². The van der Waals surface area contributed by atoms with Gasteiger partial charge in [-0.05, 0) is 42.6 Å². The molecule has 21 heavy (non-hydrogen) atoms. The first kappa shape index (κ1) is 14.6. The summed E-state index contributed by atoms with van der Waals surface area (Å²) in [5.74, 6) is 1.40. The van der Waals surface area contributed by atoms with E-state index in [-0.39, 0.29) is 0 Å². The maximum atomic E-state index is 12.5. The van der Waals surface area contributed by atoms with Crippen LogP contribution < -0.4 is 0 Å². The monoisotopic (exact) mass is 285 g/mol. The lowest BCUT2D eigenvalue weighted by molar-refractivity contribution is -0.133. The first-order valence-electron chi connectivity index (χ1n) is 8.48. The van der Waals surface area contributed by atoms with E-state index in [9.17, 15) is 4.79 Å². The summed E-state index contributed by atoms with van der Waals surface area (Å²) < 4.78 is 0. The van der Waals surface area contributed by atoms with Crippen molar-refractivity contribution in [3.63, 3.8) is 0 Å². The van der Waals surface area contributed by atoms with E-state index < -0.39 is 0 Å². The number of nitrogens with zero attached hydrogens (tertiary/aromatic N) is 1. The fourth-order valence-corrected chi connectivity index (χ4v) is 3.43. The Bertz CT molecular complexity index is 494. The maximum absolute atomic E-state index is 12.5. The first-order chi connectivity index (χ1) is 10.1. The lowest BCUT2D eigenvalue weighted by Gasteiger charge is -2.27. The van der Waals surface area contributed by atoms with Crippen LogP contribution in [0, 0.1) is 11.3 Å². The van der Waals surface area contributed by atoms with Crippen LogP contribution in [0.25, 0.3) is 0 Å². The highest BCUT2D eigenvalue weighted by molar-refractivity contribution is 5.81. The minimum absolute atomic E-state index is 0.291. The number of carbonyl (C=O) groups is 1. The van der Waals surface area contributed by atoms with Gasteiger partial charge in [-0.3, -0.25) is 4.79 Å². The Morgan fingerprint density at radius 1 is 1.29 bits per heavy atom. The molecule has 0 spiro atoms. The lowest BCUT2D eigenvalue weighted by Crippen LogP contribution is -2.37. The molecule has 2 saturated carbocycles. The van der Waals surface area contributed by atoms with Crippen LogP contribution in [0.4, 0.5) is 0 Å². The molecule has 0 unspecified atom stereocenters. The zero-order chi connectivity index (χ0) is 14.9. The van der Waals surface area contributed by atoms with Crippen LogP contribution in [0.15, 0.2) is 30.3 Å². The van der Waals surface area contributed by atoms with Gasteiger partial charge in [0.05, 0.1) is 0 Å². The molecule has 2 fully saturated rings. The Morgan fingerprint density at radius 2 is 2.00 bits per heavy atom. The average Bonchev–Trinajstić information content (AvgIpc) is 3.40. The molecule has 0 N–H and O–H groups in total. The van der Waals surface area contributed by atoms with Crippen LogP contribution in [0.1, 0.15) is 57.4 Å². The molecule has 1 amide bonds. The first-order valence-corrected chi connectivity index (χ1v) is 8.48. The Balaban J connectivity index is 1.64. The van der Waals surface area contributed by atoms with E-state index in [0.29, 0.717) is 23.2 Å². The van der Waals surface area contributed by atoms with Gasteiger partial charge in [0.15, 0.2) is 0 Å². The van der Waals surface area contributed by atoms with Crippen molar-refractivity contribution in [3.8, 4) is 0 Å². The summed E-state index contributed by atoms with van der Waals surface area (Å²) in [6.07, 6.45) is 5.73. The third-order valence-electron chi connectivity index (χ3n) is 5.13. The second-order valence-corrected chi connectivity index (χ2v) is 7.21. The van der Waals surface area contributed by atoms with Crippen molar-refractivity contribution in [2.75, 3.05) is 13.1 Å². The van der Waals surface area contributed by atoms with Crippen molar-refractivity contribution in [1.29, 1.82) is 0 Å². The summed E-state index contributed by atoms with van der Waals surface area (Å²) in [6.45, 7) is 6.44. The van der Waals surface area contributed by atoms with Crippen LogP contribution in [0.2, 0.25) is 0 Å². The molecule has 0 bridgehead atoms. The van der Waals surface area contributed by atoms with E-state index in [0.717, 1.165) is 38.8 Å². The van der Waals surface area contributed by atoms with Gasteiger partial charge in [-0.1, -0.05) is 50.6 Å². The van der Waals surface area contributed by atoms with E-state index in [4.69, 9.17) is 0 Å². The topological polar surface area (TPSA) is 20.3 Å². The molecule has 3 rings (SSSR count). The SMILES string of the molecule is CCCCN(C[C@@]1(C)C[C@H]1c1ccccc1)C(=O)C1CC1. The molecule has 0 heterocycles. The molecular formula is C19H27NO. The largest absolute Gasteiger partial charge is 0.342 e. The maximum Gasteiger partial charge on any atom is 0.225 e. The molecule has 0 aliphatic heterocycles. The van der Waals surface area contributed by atoms with Gasteiger partial charge in [0.2, 0.25) is 5.91 Å². The summed E-state index contributed by atoms with van der Waals surface area (Å²) in [6, 6.07) is 10.8. The predicted molar refractivity (Wildman–Crippen MR) is 86.1 cm³/mol. The van der Waals surface area contributed by atoms with Gasteiger partial charge in [0.1, 0.15) is 0 Å². The van der Waals surface area contributed by atoms with E-state index in [2.05, 4.69) is 49.1 Å². The third-order valence-corrected chi connectivity index (χ3v) is 5.13. The summed E-state index contributed by atoms with van der Waals surface area (Å²) in [5.41, 5.74) is 1.73. The highest BCUT2D eigenvalue weighted by atomic mass is 16.2. The molecular weight excluding hydrogens is 258 g/mol. The standard InChI is InChI=1S/C19H27NO/c1-3-4-12-20(18(21)16-10-11-16)14-19(2)13-17(19)15-8-6-5-7-9-15/h5-9,16-17H,3-4,10-14H2,1-2H3/t17-,19+/m0/s1. The highest BCUT2D eigenvalue weighted by Crippen LogP contribution is 2.59. The van der Waals surface area contributed by atoms with E-state index in [1.165, 1.54) is 12.0 Å². The van der Waals surface area contributed by atoms with Crippen LogP contribution >= 0.6 is 0 Å². The quantitative estimate of drug-likeness (QED) is 0.734. The molecule has 2 nitrogen and oxygen atoms in total. The minimum atomic E-state index is 0.291. The van der Waals surface area contributed by atoms with E-state index in [1.807, 2.05) is 0 Å². The van der Waals surface area contributed by atoms with Gasteiger partial charge in [0, 0.05) is 19.0 Å². The van der Waals surface area contributed by atoms with Crippen molar-refractivity contribution in [1.82, 2.24) is 4.90 Å². The van der Waals surface area contributed by atoms with Crippen LogP contribution in [0.3, 0.4) is 0 Å². The molecule has 1 aromatic rings. The van der Waals surface area contributed by atoms with Crippen LogP contribution in [0.5, 0.6) is 0 Å². The Labute approximate surface area is 128 Å². The van der Waals surface area contributed by atoms with Crippen molar-refractivity contribution in [3.05, 3.63) is 35.9 Å². The second kappa shape index (κ2) is 5.82. The van der Waals surface area contributed by atoms with E-state index in [1.54, 1.807) is 0 Å². The molecule has 2 heteroatoms. The Hall–Kier alpha value is -1.31. The smallest absolute Gasteiger partial charge is 0.225 e. The van der Waals surface area contributed by atoms with Gasteiger partial charge in [-0.15, -0.1) is 0 Å². The zero-order valence-electron chi connectivity index (χ0n) is 13.3. The second-order valence-electron chi connectivity index (χ2n) is 7.21. The van der Waals surface area contributed by atoms with Crippen molar-refractivity contribution in [2.45, 2.75) is 51.9 Å². The van der Waals surface area contributed by atoms with Gasteiger partial charge in [-0.2, -0.15) is 0 Å². The van der Waals surface area contributed by atoms with Crippen LogP contribution in [-0.4, -0.2) is 23.9 Å². The third kappa shape index (κ3) is 3.30. The Kier molecular flexibility index (Phi) is 4.05. The number of amides is 1. The number of hydrogen-bond donors (Lipinski definition) is 0.